The summed E-state index contributed by atoms with van der Waals surface area (Å²) in [6, 6.07) is 1.80. The Hall–Kier alpha value is -1.20. The number of nitrogens with zero attached hydrogens (tertiary/aromatic N) is 3. The normalized spacial score (nSPS) is 18.5. The first-order valence-corrected chi connectivity index (χ1v) is 6.13. The van der Waals surface area contributed by atoms with Gasteiger partial charge in [0.1, 0.15) is 11.6 Å². The van der Waals surface area contributed by atoms with E-state index in [2.05, 4.69) is 14.9 Å². The summed E-state index contributed by atoms with van der Waals surface area (Å²) in [6.07, 6.45) is 2.09. The maximum absolute atomic E-state index is 8.89. The maximum atomic E-state index is 8.89. The van der Waals surface area contributed by atoms with Crippen LogP contribution in [0.4, 0.5) is 5.82 Å². The summed E-state index contributed by atoms with van der Waals surface area (Å²) in [5, 5.41) is 8.89. The second-order valence-electron chi connectivity index (χ2n) is 4.63. The zero-order chi connectivity index (χ0) is 12.3. The molecule has 1 aromatic rings. The molecule has 1 aliphatic heterocycles. The molecule has 17 heavy (non-hydrogen) atoms. The fourth-order valence-electron chi connectivity index (χ4n) is 2.36. The number of hydrogen-bond donors (Lipinski definition) is 2. The van der Waals surface area contributed by atoms with Crippen LogP contribution in [0.1, 0.15) is 30.3 Å². The smallest absolute Gasteiger partial charge is 0.134 e. The van der Waals surface area contributed by atoms with Crippen LogP contribution < -0.4 is 5.73 Å². The summed E-state index contributed by atoms with van der Waals surface area (Å²) in [6.45, 7) is 4.95. The molecule has 0 amide bonds. The summed E-state index contributed by atoms with van der Waals surface area (Å²) < 4.78 is 0. The molecule has 3 N–H and O–H groups in total. The molecule has 0 bridgehead atoms. The Morgan fingerprint density at radius 1 is 1.41 bits per heavy atom. The van der Waals surface area contributed by atoms with Crippen molar-refractivity contribution in [1.29, 1.82) is 0 Å². The largest absolute Gasteiger partial charge is 0.395 e. The molecule has 1 aliphatic rings. The number of aryl methyl sites for hydroxylation is 1. The standard InChI is InChI=1S/C12H20N4O/c1-9-8-11(13)15-12(14-9)10-2-4-16(5-3-10)6-7-17/h8,10,17H,2-7H2,1H3,(H2,13,14,15). The van der Waals surface area contributed by atoms with E-state index in [0.29, 0.717) is 11.7 Å². The van der Waals surface area contributed by atoms with Gasteiger partial charge >= 0.3 is 0 Å². The molecule has 5 heteroatoms. The van der Waals surface area contributed by atoms with Gasteiger partial charge in [-0.3, -0.25) is 0 Å². The highest BCUT2D eigenvalue weighted by atomic mass is 16.3. The van der Waals surface area contributed by atoms with Crippen molar-refractivity contribution in [3.05, 3.63) is 17.6 Å². The predicted octanol–water partition coefficient (Wildman–Crippen LogP) is 0.539. The van der Waals surface area contributed by atoms with Crippen molar-refractivity contribution in [3.63, 3.8) is 0 Å². The van der Waals surface area contributed by atoms with Crippen molar-refractivity contribution in [2.45, 2.75) is 25.7 Å². The van der Waals surface area contributed by atoms with Crippen LogP contribution in [0.5, 0.6) is 0 Å². The molecule has 0 unspecified atom stereocenters. The molecule has 1 aromatic heterocycles. The minimum atomic E-state index is 0.235. The van der Waals surface area contributed by atoms with Gasteiger partial charge in [-0.05, 0) is 32.9 Å². The monoisotopic (exact) mass is 236 g/mol. The molecular formula is C12H20N4O. The Balaban J connectivity index is 2.00. The van der Waals surface area contributed by atoms with Gasteiger partial charge in [-0.2, -0.15) is 0 Å². The summed E-state index contributed by atoms with van der Waals surface area (Å²) >= 11 is 0. The maximum Gasteiger partial charge on any atom is 0.134 e. The van der Waals surface area contributed by atoms with Crippen LogP contribution in [0.25, 0.3) is 0 Å². The van der Waals surface area contributed by atoms with Crippen LogP contribution in [0.15, 0.2) is 6.07 Å². The number of nitrogens with two attached hydrogens (primary N) is 1. The molecular weight excluding hydrogens is 216 g/mol. The lowest BCUT2D eigenvalue weighted by molar-refractivity contribution is 0.162. The van der Waals surface area contributed by atoms with Crippen LogP contribution in [0.2, 0.25) is 0 Å². The topological polar surface area (TPSA) is 75.3 Å². The van der Waals surface area contributed by atoms with Gasteiger partial charge < -0.3 is 15.7 Å². The Morgan fingerprint density at radius 2 is 2.12 bits per heavy atom. The lowest BCUT2D eigenvalue weighted by Gasteiger charge is -2.30. The molecule has 2 heterocycles. The third-order valence-electron chi connectivity index (χ3n) is 3.26. The lowest BCUT2D eigenvalue weighted by atomic mass is 9.96. The number of likely N-dealkylation sites (tertiary alicyclic amines) is 1. The second-order valence-corrected chi connectivity index (χ2v) is 4.63. The Labute approximate surface area is 102 Å². The molecule has 0 saturated carbocycles. The molecule has 0 aromatic carbocycles. The molecule has 2 rings (SSSR count). The first-order chi connectivity index (χ1) is 8.19. The first kappa shape index (κ1) is 12.3. The van der Waals surface area contributed by atoms with Gasteiger partial charge in [-0.15, -0.1) is 0 Å². The average molecular weight is 236 g/mol. The van der Waals surface area contributed by atoms with E-state index in [0.717, 1.165) is 44.0 Å². The van der Waals surface area contributed by atoms with Crippen LogP contribution in [-0.2, 0) is 0 Å². The summed E-state index contributed by atoms with van der Waals surface area (Å²) in [5.74, 6) is 1.85. The summed E-state index contributed by atoms with van der Waals surface area (Å²) in [7, 11) is 0. The van der Waals surface area contributed by atoms with E-state index in [1.807, 2.05) is 6.92 Å². The molecule has 1 fully saturated rings. The molecule has 5 nitrogen and oxygen atoms in total. The zero-order valence-electron chi connectivity index (χ0n) is 10.3. The molecule has 94 valence electrons. The highest BCUT2D eigenvalue weighted by Gasteiger charge is 2.22. The number of β-amino-alcohol motifs (C(OH)–C–C–N with tert-alkyl or cyclic N) is 1. The van der Waals surface area contributed by atoms with Crippen molar-refractivity contribution in [1.82, 2.24) is 14.9 Å². The number of aliphatic hydroxyl groups is 1. The fourth-order valence-corrected chi connectivity index (χ4v) is 2.36. The minimum Gasteiger partial charge on any atom is -0.395 e. The van der Waals surface area contributed by atoms with Gasteiger partial charge in [0, 0.05) is 24.2 Å². The fraction of sp³-hybridized carbons (Fsp3) is 0.667. The van der Waals surface area contributed by atoms with E-state index in [9.17, 15) is 0 Å². The SMILES string of the molecule is Cc1cc(N)nc(C2CCN(CCO)CC2)n1. The van der Waals surface area contributed by atoms with Crippen molar-refractivity contribution in [2.24, 2.45) is 0 Å². The molecule has 0 aliphatic carbocycles. The van der Waals surface area contributed by atoms with Gasteiger partial charge in [0.2, 0.25) is 0 Å². The van der Waals surface area contributed by atoms with Gasteiger partial charge in [-0.1, -0.05) is 0 Å². The van der Waals surface area contributed by atoms with Crippen molar-refractivity contribution >= 4 is 5.82 Å². The quantitative estimate of drug-likeness (QED) is 0.801. The Morgan fingerprint density at radius 3 is 2.71 bits per heavy atom. The predicted molar refractivity (Wildman–Crippen MR) is 66.7 cm³/mol. The van der Waals surface area contributed by atoms with Crippen LogP contribution in [-0.4, -0.2) is 46.2 Å². The third kappa shape index (κ3) is 3.14. The highest BCUT2D eigenvalue weighted by Crippen LogP contribution is 2.25. The minimum absolute atomic E-state index is 0.235. The molecule has 0 spiro atoms. The number of aromatic nitrogens is 2. The number of rotatable bonds is 3. The number of piperidine rings is 1. The molecule has 0 radical (unpaired) electrons. The van der Waals surface area contributed by atoms with Gasteiger partial charge in [0.05, 0.1) is 6.61 Å². The number of anilines is 1. The highest BCUT2D eigenvalue weighted by molar-refractivity contribution is 5.30. The number of nitrogen functional groups attached to an aromatic ring is 1. The average Bonchev–Trinajstić information content (AvgIpc) is 2.29. The van der Waals surface area contributed by atoms with E-state index in [-0.39, 0.29) is 6.61 Å². The van der Waals surface area contributed by atoms with Gasteiger partial charge in [0.25, 0.3) is 0 Å². The number of hydrogen-bond acceptors (Lipinski definition) is 5. The number of aliphatic hydroxyl groups excluding tert-OH is 1. The zero-order valence-corrected chi connectivity index (χ0v) is 10.3. The first-order valence-electron chi connectivity index (χ1n) is 6.13. The Bertz CT molecular complexity index is 355. The second kappa shape index (κ2) is 5.42. The summed E-state index contributed by atoms with van der Waals surface area (Å²) in [5.41, 5.74) is 6.68. The third-order valence-corrected chi connectivity index (χ3v) is 3.26. The van der Waals surface area contributed by atoms with E-state index >= 15 is 0 Å². The van der Waals surface area contributed by atoms with Crippen LogP contribution >= 0.6 is 0 Å². The van der Waals surface area contributed by atoms with Crippen molar-refractivity contribution in [3.8, 4) is 0 Å². The van der Waals surface area contributed by atoms with Gasteiger partial charge in [0.15, 0.2) is 0 Å². The van der Waals surface area contributed by atoms with E-state index in [4.69, 9.17) is 10.8 Å². The van der Waals surface area contributed by atoms with Crippen molar-refractivity contribution in [2.75, 3.05) is 32.0 Å². The van der Waals surface area contributed by atoms with Crippen LogP contribution in [0.3, 0.4) is 0 Å². The van der Waals surface area contributed by atoms with E-state index < -0.39 is 0 Å². The van der Waals surface area contributed by atoms with Gasteiger partial charge in [-0.25, -0.2) is 9.97 Å². The lowest BCUT2D eigenvalue weighted by Crippen LogP contribution is -2.35. The summed E-state index contributed by atoms with van der Waals surface area (Å²) in [4.78, 5) is 11.1. The van der Waals surface area contributed by atoms with Crippen LogP contribution in [0, 0.1) is 6.92 Å². The van der Waals surface area contributed by atoms with Crippen molar-refractivity contribution < 1.29 is 5.11 Å². The molecule has 0 atom stereocenters. The van der Waals surface area contributed by atoms with E-state index in [1.165, 1.54) is 0 Å². The Kier molecular flexibility index (Phi) is 3.91. The van der Waals surface area contributed by atoms with E-state index in [1.54, 1.807) is 6.07 Å². The molecule has 1 saturated heterocycles.